The number of rotatable bonds is 10. The standard InChI is InChI=1S/C27H38N2O4/c1-20(2)17-32-18-22(28-13-7-8-14-28)16-29-23-9-5-6-10-25(23)33-19-24(29)21-11-12-26(30-3)27(15-21)31-4/h5-6,9-12,15,20,22,24H,7-8,13-14,16-19H2,1-4H3. The zero-order valence-electron chi connectivity index (χ0n) is 20.5. The third-order valence-corrected chi connectivity index (χ3v) is 6.57. The molecule has 6 nitrogen and oxygen atoms in total. The largest absolute Gasteiger partial charge is 0.493 e. The van der Waals surface area contributed by atoms with Crippen molar-refractivity contribution in [2.75, 3.05) is 58.6 Å². The van der Waals surface area contributed by atoms with Gasteiger partial charge in [0, 0.05) is 13.2 Å². The molecule has 2 aromatic carbocycles. The highest BCUT2D eigenvalue weighted by atomic mass is 16.5. The van der Waals surface area contributed by atoms with Crippen LogP contribution in [0.25, 0.3) is 0 Å². The molecular formula is C27H38N2O4. The third-order valence-electron chi connectivity index (χ3n) is 6.57. The maximum atomic E-state index is 6.21. The van der Waals surface area contributed by atoms with Crippen molar-refractivity contribution in [2.24, 2.45) is 5.92 Å². The fourth-order valence-corrected chi connectivity index (χ4v) is 4.85. The zero-order chi connectivity index (χ0) is 23.2. The first-order valence-electron chi connectivity index (χ1n) is 12.1. The van der Waals surface area contributed by atoms with Gasteiger partial charge >= 0.3 is 0 Å². The molecule has 33 heavy (non-hydrogen) atoms. The number of benzene rings is 2. The Morgan fingerprint density at radius 1 is 0.970 bits per heavy atom. The third kappa shape index (κ3) is 5.56. The molecular weight excluding hydrogens is 416 g/mol. The Hall–Kier alpha value is -2.44. The monoisotopic (exact) mass is 454 g/mol. The van der Waals surface area contributed by atoms with Gasteiger partial charge in [-0.3, -0.25) is 4.90 Å². The summed E-state index contributed by atoms with van der Waals surface area (Å²) in [4.78, 5) is 5.10. The van der Waals surface area contributed by atoms with Crippen molar-refractivity contribution in [3.8, 4) is 17.2 Å². The van der Waals surface area contributed by atoms with Crippen molar-refractivity contribution < 1.29 is 18.9 Å². The number of methoxy groups -OCH3 is 2. The first-order chi connectivity index (χ1) is 16.1. The van der Waals surface area contributed by atoms with Gasteiger partial charge in [0.25, 0.3) is 0 Å². The van der Waals surface area contributed by atoms with Gasteiger partial charge in [-0.2, -0.15) is 0 Å². The van der Waals surface area contributed by atoms with Crippen LogP contribution < -0.4 is 19.1 Å². The van der Waals surface area contributed by atoms with Crippen LogP contribution in [0.3, 0.4) is 0 Å². The summed E-state index contributed by atoms with van der Waals surface area (Å²) in [6.07, 6.45) is 2.53. The fourth-order valence-electron chi connectivity index (χ4n) is 4.85. The average molecular weight is 455 g/mol. The molecule has 2 aliphatic heterocycles. The summed E-state index contributed by atoms with van der Waals surface area (Å²) in [5, 5.41) is 0. The van der Waals surface area contributed by atoms with Crippen LogP contribution in [-0.4, -0.2) is 64.6 Å². The van der Waals surface area contributed by atoms with E-state index < -0.39 is 0 Å². The number of likely N-dealkylation sites (tertiary alicyclic amines) is 1. The predicted octanol–water partition coefficient (Wildman–Crippen LogP) is 4.78. The van der Waals surface area contributed by atoms with Gasteiger partial charge in [-0.1, -0.05) is 32.0 Å². The van der Waals surface area contributed by atoms with Crippen molar-refractivity contribution in [1.29, 1.82) is 0 Å². The van der Waals surface area contributed by atoms with E-state index in [1.807, 2.05) is 12.1 Å². The van der Waals surface area contributed by atoms with Crippen LogP contribution in [0.1, 0.15) is 38.3 Å². The van der Waals surface area contributed by atoms with Crippen molar-refractivity contribution in [1.82, 2.24) is 4.90 Å². The van der Waals surface area contributed by atoms with Gasteiger partial charge in [0.15, 0.2) is 11.5 Å². The van der Waals surface area contributed by atoms with Gasteiger partial charge in [0.2, 0.25) is 0 Å². The number of para-hydroxylation sites is 2. The lowest BCUT2D eigenvalue weighted by molar-refractivity contribution is 0.0553. The molecule has 2 unspecified atom stereocenters. The van der Waals surface area contributed by atoms with Gasteiger partial charge in [-0.05, 0) is 61.7 Å². The first-order valence-corrected chi connectivity index (χ1v) is 12.1. The Labute approximate surface area is 198 Å². The Bertz CT molecular complexity index is 897. The molecule has 0 aliphatic carbocycles. The molecule has 2 aliphatic rings. The molecule has 0 spiro atoms. The number of anilines is 1. The van der Waals surface area contributed by atoms with Crippen molar-refractivity contribution in [3.63, 3.8) is 0 Å². The molecule has 0 amide bonds. The average Bonchev–Trinajstić information content (AvgIpc) is 3.37. The second kappa shape index (κ2) is 11.1. The minimum atomic E-state index is 0.0786. The molecule has 0 radical (unpaired) electrons. The van der Waals surface area contributed by atoms with Crippen LogP contribution >= 0.6 is 0 Å². The number of ether oxygens (including phenoxy) is 4. The van der Waals surface area contributed by atoms with Crippen LogP contribution in [0.5, 0.6) is 17.2 Å². The summed E-state index contributed by atoms with van der Waals surface area (Å²) in [7, 11) is 3.35. The quantitative estimate of drug-likeness (QED) is 0.515. The summed E-state index contributed by atoms with van der Waals surface area (Å²) >= 11 is 0. The van der Waals surface area contributed by atoms with Gasteiger partial charge in [0.1, 0.15) is 12.4 Å². The highest BCUT2D eigenvalue weighted by molar-refractivity contribution is 5.62. The fraction of sp³-hybridized carbons (Fsp3) is 0.556. The minimum absolute atomic E-state index is 0.0786. The Morgan fingerprint density at radius 3 is 2.45 bits per heavy atom. The van der Waals surface area contributed by atoms with Crippen LogP contribution in [0.2, 0.25) is 0 Å². The minimum Gasteiger partial charge on any atom is -0.493 e. The molecule has 0 N–H and O–H groups in total. The topological polar surface area (TPSA) is 43.4 Å². The van der Waals surface area contributed by atoms with Crippen LogP contribution in [-0.2, 0) is 4.74 Å². The Morgan fingerprint density at radius 2 is 1.73 bits per heavy atom. The van der Waals surface area contributed by atoms with Crippen molar-refractivity contribution in [3.05, 3.63) is 48.0 Å². The molecule has 1 fully saturated rings. The molecule has 2 aromatic rings. The lowest BCUT2D eigenvalue weighted by atomic mass is 10.0. The van der Waals surface area contributed by atoms with Gasteiger partial charge < -0.3 is 23.8 Å². The zero-order valence-corrected chi connectivity index (χ0v) is 20.5. The van der Waals surface area contributed by atoms with Crippen LogP contribution in [0.4, 0.5) is 5.69 Å². The lowest BCUT2D eigenvalue weighted by Gasteiger charge is -2.42. The molecule has 0 bridgehead atoms. The van der Waals surface area contributed by atoms with Crippen molar-refractivity contribution in [2.45, 2.75) is 38.8 Å². The number of fused-ring (bicyclic) bond motifs is 1. The smallest absolute Gasteiger partial charge is 0.161 e. The Kier molecular flexibility index (Phi) is 7.99. The van der Waals surface area contributed by atoms with E-state index in [-0.39, 0.29) is 6.04 Å². The van der Waals surface area contributed by atoms with Gasteiger partial charge in [0.05, 0.1) is 38.6 Å². The number of hydrogen-bond acceptors (Lipinski definition) is 6. The van der Waals surface area contributed by atoms with E-state index in [1.54, 1.807) is 14.2 Å². The van der Waals surface area contributed by atoms with E-state index in [2.05, 4.69) is 54.0 Å². The summed E-state index contributed by atoms with van der Waals surface area (Å²) in [5.41, 5.74) is 2.29. The molecule has 0 saturated carbocycles. The van der Waals surface area contributed by atoms with E-state index in [1.165, 1.54) is 12.8 Å². The maximum absolute atomic E-state index is 6.21. The molecule has 0 aromatic heterocycles. The molecule has 180 valence electrons. The van der Waals surface area contributed by atoms with Gasteiger partial charge in [-0.25, -0.2) is 0 Å². The summed E-state index contributed by atoms with van der Waals surface area (Å²) in [5.74, 6) is 2.96. The summed E-state index contributed by atoms with van der Waals surface area (Å²) in [6, 6.07) is 14.9. The predicted molar refractivity (Wildman–Crippen MR) is 132 cm³/mol. The first kappa shape index (κ1) is 23.7. The van der Waals surface area contributed by atoms with E-state index in [4.69, 9.17) is 18.9 Å². The van der Waals surface area contributed by atoms with Crippen LogP contribution in [0.15, 0.2) is 42.5 Å². The molecule has 2 heterocycles. The SMILES string of the molecule is COc1ccc(C2COc3ccccc3N2CC(COCC(C)C)N2CCCC2)cc1OC. The molecule has 2 atom stereocenters. The second-order valence-electron chi connectivity index (χ2n) is 9.39. The second-order valence-corrected chi connectivity index (χ2v) is 9.39. The normalized spacial score (nSPS) is 19.3. The highest BCUT2D eigenvalue weighted by Crippen LogP contribution is 2.41. The Balaban J connectivity index is 1.64. The molecule has 6 heteroatoms. The van der Waals surface area contributed by atoms with E-state index in [9.17, 15) is 0 Å². The maximum Gasteiger partial charge on any atom is 0.161 e. The van der Waals surface area contributed by atoms with E-state index in [0.717, 1.165) is 61.3 Å². The number of hydrogen-bond donors (Lipinski definition) is 0. The summed E-state index contributed by atoms with van der Waals surface area (Å²) in [6.45, 7) is 9.71. The molecule has 1 saturated heterocycles. The van der Waals surface area contributed by atoms with Crippen LogP contribution in [0, 0.1) is 5.92 Å². The number of nitrogens with zero attached hydrogens (tertiary/aromatic N) is 2. The molecule has 4 rings (SSSR count). The lowest BCUT2D eigenvalue weighted by Crippen LogP contribution is -2.49. The van der Waals surface area contributed by atoms with Crippen molar-refractivity contribution >= 4 is 5.69 Å². The highest BCUT2D eigenvalue weighted by Gasteiger charge is 2.33. The van der Waals surface area contributed by atoms with E-state index in [0.29, 0.717) is 18.6 Å². The summed E-state index contributed by atoms with van der Waals surface area (Å²) < 4.78 is 23.4. The van der Waals surface area contributed by atoms with E-state index >= 15 is 0 Å². The van der Waals surface area contributed by atoms with Gasteiger partial charge in [-0.15, -0.1) is 0 Å².